The first-order valence-corrected chi connectivity index (χ1v) is 5.06. The molecular weight excluding hydrogens is 206 g/mol. The molecule has 2 aliphatic rings. The average Bonchev–Trinajstić information content (AvgIpc) is 2.27. The highest BCUT2D eigenvalue weighted by atomic mass is 16.2. The fourth-order valence-electron chi connectivity index (χ4n) is 1.95. The maximum Gasteiger partial charge on any atom is 0.250 e. The zero-order valence-corrected chi connectivity index (χ0v) is 9.23. The molecule has 2 heterocycles. The van der Waals surface area contributed by atoms with Crippen LogP contribution >= 0.6 is 0 Å². The topological polar surface area (TPSA) is 61.8 Å². The molecule has 5 heteroatoms. The lowest BCUT2D eigenvalue weighted by molar-refractivity contribution is -0.134. The van der Waals surface area contributed by atoms with Crippen molar-refractivity contribution >= 4 is 17.6 Å². The molecule has 0 aromatic heterocycles. The van der Waals surface area contributed by atoms with E-state index < -0.39 is 5.54 Å². The largest absolute Gasteiger partial charge is 0.357 e. The third-order valence-corrected chi connectivity index (χ3v) is 2.82. The molecule has 0 bridgehead atoms. The number of carbonyl (C=O) groups excluding carboxylic acids is 2. The summed E-state index contributed by atoms with van der Waals surface area (Å²) in [6.45, 7) is 1.74. The highest BCUT2D eigenvalue weighted by molar-refractivity contribution is 6.09. The third kappa shape index (κ3) is 1.44. The molecule has 0 aromatic rings. The Morgan fingerprint density at radius 1 is 1.56 bits per heavy atom. The molecule has 1 atom stereocenters. The van der Waals surface area contributed by atoms with E-state index in [2.05, 4.69) is 10.3 Å². The fourth-order valence-corrected chi connectivity index (χ4v) is 1.95. The summed E-state index contributed by atoms with van der Waals surface area (Å²) in [6, 6.07) is 0. The van der Waals surface area contributed by atoms with Crippen LogP contribution in [0.1, 0.15) is 13.3 Å². The molecule has 0 aromatic carbocycles. The van der Waals surface area contributed by atoms with Gasteiger partial charge in [0.2, 0.25) is 5.91 Å². The van der Waals surface area contributed by atoms with Crippen LogP contribution in [0.2, 0.25) is 0 Å². The average molecular weight is 219 g/mol. The normalized spacial score (nSPS) is 27.5. The third-order valence-electron chi connectivity index (χ3n) is 2.82. The van der Waals surface area contributed by atoms with Crippen molar-refractivity contribution in [2.45, 2.75) is 18.9 Å². The molecular formula is C11H13N3O2. The highest BCUT2D eigenvalue weighted by Gasteiger charge is 2.44. The number of carbonyl (C=O) groups is 2. The SMILES string of the molecule is CNC(=O)C1(C)CC(=O)N=C2C=CC=CN21. The van der Waals surface area contributed by atoms with Gasteiger partial charge >= 0.3 is 0 Å². The van der Waals surface area contributed by atoms with Crippen LogP contribution in [-0.4, -0.2) is 35.1 Å². The molecule has 0 spiro atoms. The van der Waals surface area contributed by atoms with Gasteiger partial charge in [0.05, 0.1) is 6.42 Å². The van der Waals surface area contributed by atoms with Gasteiger partial charge in [0.15, 0.2) is 0 Å². The van der Waals surface area contributed by atoms with Gasteiger partial charge in [0.1, 0.15) is 11.4 Å². The maximum absolute atomic E-state index is 11.9. The Morgan fingerprint density at radius 2 is 2.31 bits per heavy atom. The Bertz CT molecular complexity index is 437. The first kappa shape index (κ1) is 10.6. The van der Waals surface area contributed by atoms with Gasteiger partial charge in [-0.25, -0.2) is 0 Å². The first-order valence-electron chi connectivity index (χ1n) is 5.06. The van der Waals surface area contributed by atoms with E-state index in [1.54, 1.807) is 37.2 Å². The summed E-state index contributed by atoms with van der Waals surface area (Å²) >= 11 is 0. The number of hydrogen-bond acceptors (Lipinski definition) is 3. The monoisotopic (exact) mass is 219 g/mol. The lowest BCUT2D eigenvalue weighted by Gasteiger charge is -2.41. The Balaban J connectivity index is 2.45. The minimum absolute atomic E-state index is 0.0916. The van der Waals surface area contributed by atoms with E-state index in [-0.39, 0.29) is 18.2 Å². The first-order chi connectivity index (χ1) is 7.58. The van der Waals surface area contributed by atoms with Crippen molar-refractivity contribution in [2.75, 3.05) is 7.05 Å². The molecule has 0 radical (unpaired) electrons. The summed E-state index contributed by atoms with van der Waals surface area (Å²) in [5.41, 5.74) is -0.885. The molecule has 2 amide bonds. The minimum Gasteiger partial charge on any atom is -0.357 e. The Morgan fingerprint density at radius 3 is 3.00 bits per heavy atom. The molecule has 84 valence electrons. The number of fused-ring (bicyclic) bond motifs is 1. The van der Waals surface area contributed by atoms with Crippen LogP contribution in [0.4, 0.5) is 0 Å². The number of allylic oxidation sites excluding steroid dienone is 2. The highest BCUT2D eigenvalue weighted by Crippen LogP contribution is 2.27. The number of hydrogen-bond donors (Lipinski definition) is 1. The predicted octanol–water partition coefficient (Wildman–Crippen LogP) is 0.205. The summed E-state index contributed by atoms with van der Waals surface area (Å²) in [4.78, 5) is 29.0. The fraction of sp³-hybridized carbons (Fsp3) is 0.364. The van der Waals surface area contributed by atoms with E-state index in [9.17, 15) is 9.59 Å². The quantitative estimate of drug-likeness (QED) is 0.685. The number of aliphatic imine (C=N–C) groups is 1. The van der Waals surface area contributed by atoms with E-state index >= 15 is 0 Å². The molecule has 1 N–H and O–H groups in total. The Kier molecular flexibility index (Phi) is 2.38. The molecule has 0 saturated carbocycles. The van der Waals surface area contributed by atoms with E-state index in [1.165, 1.54) is 0 Å². The van der Waals surface area contributed by atoms with Gasteiger partial charge in [-0.2, -0.15) is 4.99 Å². The van der Waals surface area contributed by atoms with Crippen LogP contribution in [0.5, 0.6) is 0 Å². The van der Waals surface area contributed by atoms with Crippen LogP contribution < -0.4 is 5.32 Å². The second kappa shape index (κ2) is 3.59. The number of nitrogens with one attached hydrogen (secondary N) is 1. The molecule has 0 saturated heterocycles. The van der Waals surface area contributed by atoms with Crippen molar-refractivity contribution in [1.82, 2.24) is 10.2 Å². The molecule has 2 rings (SSSR count). The lowest BCUT2D eigenvalue weighted by atomic mass is 9.91. The molecule has 1 unspecified atom stereocenters. The summed E-state index contributed by atoms with van der Waals surface area (Å²) in [5.74, 6) is 0.0651. The van der Waals surface area contributed by atoms with Crippen LogP contribution in [-0.2, 0) is 9.59 Å². The maximum atomic E-state index is 11.9. The summed E-state index contributed by atoms with van der Waals surface area (Å²) in [6.07, 6.45) is 7.18. The molecule has 16 heavy (non-hydrogen) atoms. The lowest BCUT2D eigenvalue weighted by Crippen LogP contribution is -2.59. The van der Waals surface area contributed by atoms with Gasteiger partial charge in [0.25, 0.3) is 5.91 Å². The zero-order valence-electron chi connectivity index (χ0n) is 9.23. The van der Waals surface area contributed by atoms with Crippen molar-refractivity contribution in [2.24, 2.45) is 4.99 Å². The Labute approximate surface area is 93.5 Å². The van der Waals surface area contributed by atoms with E-state index in [0.717, 1.165) is 0 Å². The van der Waals surface area contributed by atoms with Crippen molar-refractivity contribution < 1.29 is 9.59 Å². The second-order valence-electron chi connectivity index (χ2n) is 3.96. The van der Waals surface area contributed by atoms with Crippen LogP contribution in [0.3, 0.4) is 0 Å². The Hall–Kier alpha value is -1.91. The van der Waals surface area contributed by atoms with E-state index in [0.29, 0.717) is 5.84 Å². The van der Waals surface area contributed by atoms with Crippen molar-refractivity contribution in [3.63, 3.8) is 0 Å². The minimum atomic E-state index is -0.885. The number of rotatable bonds is 1. The molecule has 0 aliphatic carbocycles. The molecule has 2 aliphatic heterocycles. The number of amides is 2. The van der Waals surface area contributed by atoms with Crippen LogP contribution in [0.15, 0.2) is 29.4 Å². The van der Waals surface area contributed by atoms with Crippen molar-refractivity contribution in [1.29, 1.82) is 0 Å². The van der Waals surface area contributed by atoms with Crippen LogP contribution in [0.25, 0.3) is 0 Å². The van der Waals surface area contributed by atoms with Gasteiger partial charge in [-0.15, -0.1) is 0 Å². The van der Waals surface area contributed by atoms with Gasteiger partial charge < -0.3 is 10.2 Å². The van der Waals surface area contributed by atoms with Gasteiger partial charge in [-0.3, -0.25) is 9.59 Å². The molecule has 5 nitrogen and oxygen atoms in total. The van der Waals surface area contributed by atoms with Gasteiger partial charge in [-0.05, 0) is 19.1 Å². The number of likely N-dealkylation sites (N-methyl/N-ethyl adjacent to an activating group) is 1. The van der Waals surface area contributed by atoms with Gasteiger partial charge in [-0.1, -0.05) is 6.08 Å². The van der Waals surface area contributed by atoms with E-state index in [1.807, 2.05) is 6.08 Å². The number of amidine groups is 1. The van der Waals surface area contributed by atoms with E-state index in [4.69, 9.17) is 0 Å². The predicted molar refractivity (Wildman–Crippen MR) is 59.6 cm³/mol. The zero-order chi connectivity index (χ0) is 11.8. The van der Waals surface area contributed by atoms with Crippen molar-refractivity contribution in [3.8, 4) is 0 Å². The summed E-state index contributed by atoms with van der Waals surface area (Å²) in [5, 5.41) is 2.58. The number of nitrogens with zero attached hydrogens (tertiary/aromatic N) is 2. The smallest absolute Gasteiger partial charge is 0.250 e. The summed E-state index contributed by atoms with van der Waals surface area (Å²) in [7, 11) is 1.56. The molecule has 0 fully saturated rings. The van der Waals surface area contributed by atoms with Gasteiger partial charge in [0, 0.05) is 13.2 Å². The van der Waals surface area contributed by atoms with Crippen molar-refractivity contribution in [3.05, 3.63) is 24.4 Å². The van der Waals surface area contributed by atoms with Crippen LogP contribution in [0, 0.1) is 0 Å². The summed E-state index contributed by atoms with van der Waals surface area (Å²) < 4.78 is 0. The second-order valence-corrected chi connectivity index (χ2v) is 3.96. The standard InChI is InChI=1S/C11H13N3O2/c1-11(10(16)12-2)7-9(15)13-8-5-3-4-6-14(8)11/h3-6H,7H2,1-2H3,(H,12,16).